The molecule has 116 valence electrons. The third-order valence-corrected chi connectivity index (χ3v) is 3.88. The van der Waals surface area contributed by atoms with Gasteiger partial charge in [0.15, 0.2) is 5.65 Å². The molecule has 8 nitrogen and oxygen atoms in total. The Bertz CT molecular complexity index is 778. The third kappa shape index (κ3) is 2.59. The summed E-state index contributed by atoms with van der Waals surface area (Å²) in [6.45, 7) is 0.357. The molecule has 1 N–H and O–H groups in total. The van der Waals surface area contributed by atoms with Crippen LogP contribution in [0.25, 0.3) is 5.65 Å². The fraction of sp³-hybridized carbons (Fsp3) is 0.429. The van der Waals surface area contributed by atoms with Crippen LogP contribution in [-0.4, -0.2) is 48.7 Å². The van der Waals surface area contributed by atoms with Crippen molar-refractivity contribution in [3.05, 3.63) is 34.9 Å². The molecule has 0 aromatic carbocycles. The van der Waals surface area contributed by atoms with Crippen LogP contribution < -0.4 is 5.69 Å². The first kappa shape index (κ1) is 14.3. The topological polar surface area (TPSA) is 96.9 Å². The van der Waals surface area contributed by atoms with Crippen molar-refractivity contribution in [2.24, 2.45) is 0 Å². The number of aliphatic carboxylic acids is 1. The summed E-state index contributed by atoms with van der Waals surface area (Å²) in [5.74, 6) is -1.19. The van der Waals surface area contributed by atoms with E-state index in [9.17, 15) is 14.4 Å². The molecule has 2 aromatic heterocycles. The van der Waals surface area contributed by atoms with Gasteiger partial charge in [0.05, 0.1) is 6.42 Å². The smallest absolute Gasteiger partial charge is 0.350 e. The number of carboxylic acid groups (broad SMARTS) is 1. The number of pyridine rings is 1. The number of carbonyl (C=O) groups excluding carboxylic acids is 1. The second-order valence-electron chi connectivity index (χ2n) is 5.35. The highest BCUT2D eigenvalue weighted by Crippen LogP contribution is 2.20. The second-order valence-corrected chi connectivity index (χ2v) is 5.35. The summed E-state index contributed by atoms with van der Waals surface area (Å²) in [6.07, 6.45) is 2.99. The lowest BCUT2D eigenvalue weighted by molar-refractivity contribution is -0.140. The van der Waals surface area contributed by atoms with Crippen LogP contribution in [0.15, 0.2) is 29.2 Å². The van der Waals surface area contributed by atoms with Crippen LogP contribution in [0.4, 0.5) is 0 Å². The van der Waals surface area contributed by atoms with E-state index < -0.39 is 5.97 Å². The molecule has 1 aliphatic rings. The van der Waals surface area contributed by atoms with Gasteiger partial charge in [0.2, 0.25) is 5.91 Å². The number of hydrogen-bond acceptors (Lipinski definition) is 4. The van der Waals surface area contributed by atoms with E-state index in [-0.39, 0.29) is 30.6 Å². The number of carboxylic acids is 1. The maximum Gasteiger partial charge on any atom is 0.350 e. The quantitative estimate of drug-likeness (QED) is 0.855. The summed E-state index contributed by atoms with van der Waals surface area (Å²) in [5, 5.41) is 13.0. The molecule has 22 heavy (non-hydrogen) atoms. The molecule has 1 unspecified atom stereocenters. The van der Waals surface area contributed by atoms with Gasteiger partial charge in [0.1, 0.15) is 6.54 Å². The standard InChI is InChI=1S/C14H16N4O4/c19-12(16-7-3-4-10(16)8-13(20)21)9-18-14(22)17-6-2-1-5-11(17)15-18/h1-2,5-6,10H,3-4,7-9H2,(H,20,21). The zero-order valence-electron chi connectivity index (χ0n) is 11.9. The molecular formula is C14H16N4O4. The molecule has 0 radical (unpaired) electrons. The van der Waals surface area contributed by atoms with Crippen molar-refractivity contribution in [1.82, 2.24) is 19.1 Å². The predicted octanol–water partition coefficient (Wildman–Crippen LogP) is -0.0383. The van der Waals surface area contributed by atoms with Gasteiger partial charge in [-0.3, -0.25) is 14.0 Å². The summed E-state index contributed by atoms with van der Waals surface area (Å²) in [4.78, 5) is 36.9. The average molecular weight is 304 g/mol. The number of likely N-dealkylation sites (tertiary alicyclic amines) is 1. The molecule has 0 spiro atoms. The molecule has 1 fully saturated rings. The van der Waals surface area contributed by atoms with Crippen LogP contribution in [0, 0.1) is 0 Å². The number of hydrogen-bond donors (Lipinski definition) is 1. The minimum absolute atomic E-state index is 0.0637. The highest BCUT2D eigenvalue weighted by Gasteiger charge is 2.30. The van der Waals surface area contributed by atoms with Crippen LogP contribution in [-0.2, 0) is 16.1 Å². The van der Waals surface area contributed by atoms with Gasteiger partial charge in [0.25, 0.3) is 0 Å². The van der Waals surface area contributed by atoms with Crippen molar-refractivity contribution >= 4 is 17.5 Å². The zero-order chi connectivity index (χ0) is 15.7. The Morgan fingerprint density at radius 3 is 2.91 bits per heavy atom. The minimum Gasteiger partial charge on any atom is -0.481 e. The Labute approximate surface area is 125 Å². The Hall–Kier alpha value is -2.64. The highest BCUT2D eigenvalue weighted by molar-refractivity contribution is 5.77. The molecule has 1 atom stereocenters. The van der Waals surface area contributed by atoms with Gasteiger partial charge in [-0.15, -0.1) is 5.10 Å². The second kappa shape index (κ2) is 5.63. The number of aromatic nitrogens is 3. The van der Waals surface area contributed by atoms with Gasteiger partial charge >= 0.3 is 11.7 Å². The fourth-order valence-electron chi connectivity index (χ4n) is 2.87. The first-order valence-electron chi connectivity index (χ1n) is 7.12. The van der Waals surface area contributed by atoms with E-state index in [1.165, 1.54) is 4.40 Å². The van der Waals surface area contributed by atoms with Gasteiger partial charge < -0.3 is 10.0 Å². The number of nitrogens with zero attached hydrogens (tertiary/aromatic N) is 4. The van der Waals surface area contributed by atoms with Gasteiger partial charge in [-0.25, -0.2) is 9.48 Å². The van der Waals surface area contributed by atoms with E-state index in [2.05, 4.69) is 5.10 Å². The Balaban J connectivity index is 1.79. The molecule has 0 bridgehead atoms. The fourth-order valence-corrected chi connectivity index (χ4v) is 2.87. The first-order valence-corrected chi connectivity index (χ1v) is 7.12. The lowest BCUT2D eigenvalue weighted by Gasteiger charge is -2.23. The lowest BCUT2D eigenvalue weighted by Crippen LogP contribution is -2.40. The molecule has 0 aliphatic carbocycles. The van der Waals surface area contributed by atoms with Gasteiger partial charge in [0, 0.05) is 18.8 Å². The van der Waals surface area contributed by atoms with Crippen molar-refractivity contribution in [2.75, 3.05) is 6.54 Å². The Morgan fingerprint density at radius 1 is 1.36 bits per heavy atom. The first-order chi connectivity index (χ1) is 10.6. The number of rotatable bonds is 4. The van der Waals surface area contributed by atoms with E-state index in [1.54, 1.807) is 29.3 Å². The summed E-state index contributed by atoms with van der Waals surface area (Å²) in [7, 11) is 0. The minimum atomic E-state index is -0.922. The number of amides is 1. The maximum atomic E-state index is 12.4. The molecular weight excluding hydrogens is 288 g/mol. The van der Waals surface area contributed by atoms with E-state index in [1.807, 2.05) is 0 Å². The van der Waals surface area contributed by atoms with Crippen LogP contribution in [0.1, 0.15) is 19.3 Å². The SMILES string of the molecule is O=C(O)CC1CCCN1C(=O)Cn1nc2ccccn2c1=O. The predicted molar refractivity (Wildman–Crippen MR) is 76.4 cm³/mol. The molecule has 3 heterocycles. The molecule has 1 aliphatic heterocycles. The van der Waals surface area contributed by atoms with E-state index in [0.29, 0.717) is 18.6 Å². The number of carbonyl (C=O) groups is 2. The van der Waals surface area contributed by atoms with Gasteiger partial charge in [-0.05, 0) is 25.0 Å². The molecule has 1 amide bonds. The summed E-state index contributed by atoms with van der Waals surface area (Å²) < 4.78 is 2.49. The average Bonchev–Trinajstić information content (AvgIpc) is 3.05. The van der Waals surface area contributed by atoms with Crippen LogP contribution >= 0.6 is 0 Å². The molecule has 3 rings (SSSR count). The van der Waals surface area contributed by atoms with Gasteiger partial charge in [-0.2, -0.15) is 0 Å². The van der Waals surface area contributed by atoms with E-state index >= 15 is 0 Å². The van der Waals surface area contributed by atoms with E-state index in [4.69, 9.17) is 5.11 Å². The van der Waals surface area contributed by atoms with Crippen LogP contribution in [0.3, 0.4) is 0 Å². The van der Waals surface area contributed by atoms with Crippen LogP contribution in [0.2, 0.25) is 0 Å². The normalized spacial score (nSPS) is 18.0. The van der Waals surface area contributed by atoms with Crippen LogP contribution in [0.5, 0.6) is 0 Å². The van der Waals surface area contributed by atoms with Crippen molar-refractivity contribution < 1.29 is 14.7 Å². The van der Waals surface area contributed by atoms with Crippen molar-refractivity contribution in [3.63, 3.8) is 0 Å². The monoisotopic (exact) mass is 304 g/mol. The van der Waals surface area contributed by atoms with Crippen molar-refractivity contribution in [1.29, 1.82) is 0 Å². The molecule has 1 saturated heterocycles. The van der Waals surface area contributed by atoms with E-state index in [0.717, 1.165) is 11.1 Å². The lowest BCUT2D eigenvalue weighted by atomic mass is 10.1. The zero-order valence-corrected chi connectivity index (χ0v) is 11.9. The Morgan fingerprint density at radius 2 is 2.18 bits per heavy atom. The number of fused-ring (bicyclic) bond motifs is 1. The molecule has 0 saturated carbocycles. The third-order valence-electron chi connectivity index (χ3n) is 3.88. The van der Waals surface area contributed by atoms with Crippen molar-refractivity contribution in [3.8, 4) is 0 Å². The van der Waals surface area contributed by atoms with Crippen molar-refractivity contribution in [2.45, 2.75) is 31.8 Å². The summed E-state index contributed by atoms with van der Waals surface area (Å²) in [5.41, 5.74) is 0.0988. The molecule has 8 heteroatoms. The summed E-state index contributed by atoms with van der Waals surface area (Å²) in [6, 6.07) is 4.87. The maximum absolute atomic E-state index is 12.4. The van der Waals surface area contributed by atoms with Gasteiger partial charge in [-0.1, -0.05) is 6.07 Å². The largest absolute Gasteiger partial charge is 0.481 e. The Kier molecular flexibility index (Phi) is 3.66. The highest BCUT2D eigenvalue weighted by atomic mass is 16.4. The summed E-state index contributed by atoms with van der Waals surface area (Å²) >= 11 is 0. The molecule has 2 aromatic rings.